The van der Waals surface area contributed by atoms with Gasteiger partial charge < -0.3 is 26.0 Å². The molecule has 0 bridgehead atoms. The third kappa shape index (κ3) is 8.26. The molecule has 0 atom stereocenters. The Morgan fingerprint density at radius 1 is 1.04 bits per heavy atom. The van der Waals surface area contributed by atoms with Crippen LogP contribution in [0.2, 0.25) is 5.02 Å². The maximum atomic E-state index is 13.7. The van der Waals surface area contributed by atoms with Crippen molar-refractivity contribution in [3.8, 4) is 28.3 Å². The van der Waals surface area contributed by atoms with Crippen molar-refractivity contribution in [2.75, 3.05) is 39.6 Å². The first-order chi connectivity index (χ1) is 24.6. The van der Waals surface area contributed by atoms with Gasteiger partial charge >= 0.3 is 6.03 Å². The van der Waals surface area contributed by atoms with Crippen molar-refractivity contribution < 1.29 is 18.3 Å². The number of amides is 2. The van der Waals surface area contributed by atoms with Gasteiger partial charge in [0.1, 0.15) is 11.5 Å². The molecule has 51 heavy (non-hydrogen) atoms. The van der Waals surface area contributed by atoms with Gasteiger partial charge in [0.2, 0.25) is 5.88 Å². The van der Waals surface area contributed by atoms with E-state index >= 15 is 0 Å². The molecule has 2 amide bonds. The molecule has 11 nitrogen and oxygen atoms in total. The molecule has 0 unspecified atom stereocenters. The van der Waals surface area contributed by atoms with Crippen LogP contribution in [-0.2, 0) is 19.9 Å². The van der Waals surface area contributed by atoms with Crippen LogP contribution in [0.1, 0.15) is 41.7 Å². The number of hydrogen-bond acceptors (Lipinski definition) is 8. The molecule has 268 valence electrons. The first-order valence-electron chi connectivity index (χ1n) is 16.6. The van der Waals surface area contributed by atoms with Gasteiger partial charge in [0.15, 0.2) is 0 Å². The van der Waals surface area contributed by atoms with E-state index in [1.54, 1.807) is 20.2 Å². The van der Waals surface area contributed by atoms with Crippen molar-refractivity contribution in [3.05, 3.63) is 92.5 Å². The number of hydrogen-bond donors (Lipinski definition) is 4. The number of carbonyl (C=O) groups excluding carboxylic acids is 1. The maximum absolute atomic E-state index is 13.7. The van der Waals surface area contributed by atoms with Crippen LogP contribution in [0.5, 0.6) is 5.88 Å². The molecule has 0 spiro atoms. The number of halogens is 3. The Hall–Kier alpha value is -5.14. The summed E-state index contributed by atoms with van der Waals surface area (Å²) in [6, 6.07) is 14.5. The topological polar surface area (TPSA) is 135 Å². The number of aromatic nitrogens is 4. The summed E-state index contributed by atoms with van der Waals surface area (Å²) in [4.78, 5) is 32.3. The van der Waals surface area contributed by atoms with Gasteiger partial charge in [-0.15, -0.1) is 0 Å². The van der Waals surface area contributed by atoms with E-state index in [4.69, 9.17) is 21.3 Å². The van der Waals surface area contributed by atoms with Crippen LogP contribution < -0.4 is 31.6 Å². The van der Waals surface area contributed by atoms with Crippen molar-refractivity contribution in [1.29, 1.82) is 0 Å². The zero-order chi connectivity index (χ0) is 36.7. The van der Waals surface area contributed by atoms with E-state index in [0.717, 1.165) is 77.0 Å². The second kappa shape index (κ2) is 16.7. The lowest BCUT2D eigenvalue weighted by molar-refractivity contribution is 0.146. The molecule has 14 heteroatoms. The normalized spacial score (nSPS) is 11.9. The van der Waals surface area contributed by atoms with Crippen LogP contribution in [0.25, 0.3) is 33.2 Å². The molecule has 3 heterocycles. The molecular formula is C37H41ClF2N8O3. The average molecular weight is 719 g/mol. The number of ether oxygens (including phenoxy) is 1. The van der Waals surface area contributed by atoms with E-state index < -0.39 is 17.7 Å². The van der Waals surface area contributed by atoms with Gasteiger partial charge in [0.25, 0.3) is 12.0 Å². The molecule has 0 saturated carbocycles. The Kier molecular flexibility index (Phi) is 12.2. The number of anilines is 2. The van der Waals surface area contributed by atoms with Crippen molar-refractivity contribution in [1.82, 2.24) is 35.7 Å². The van der Waals surface area contributed by atoms with Gasteiger partial charge in [-0.1, -0.05) is 41.9 Å². The summed E-state index contributed by atoms with van der Waals surface area (Å²) in [5, 5.41) is 16.2. The Morgan fingerprint density at radius 3 is 2.51 bits per heavy atom. The Balaban J connectivity index is 0.000000442. The molecule has 0 radical (unpaired) electrons. The number of methoxy groups -OCH3 is 1. The first-order valence-corrected chi connectivity index (χ1v) is 16.9. The van der Waals surface area contributed by atoms with Crippen LogP contribution in [0.15, 0.2) is 59.5 Å². The van der Waals surface area contributed by atoms with Gasteiger partial charge in [-0.2, -0.15) is 5.10 Å². The molecular weight excluding hydrogens is 678 g/mol. The third-order valence-corrected chi connectivity index (χ3v) is 9.09. The number of rotatable bonds is 10. The average Bonchev–Trinajstić information content (AvgIpc) is 3.61. The first kappa shape index (κ1) is 37.1. The predicted molar refractivity (Wildman–Crippen MR) is 197 cm³/mol. The Morgan fingerprint density at radius 2 is 1.78 bits per heavy atom. The summed E-state index contributed by atoms with van der Waals surface area (Å²) in [5.74, 6) is 0.668. The molecule has 4 N–H and O–H groups in total. The summed E-state index contributed by atoms with van der Waals surface area (Å²) in [6.07, 6.45) is 2.52. The number of urea groups is 1. The fourth-order valence-electron chi connectivity index (χ4n) is 6.01. The van der Waals surface area contributed by atoms with Gasteiger partial charge in [0.05, 0.1) is 29.4 Å². The fraction of sp³-hybridized carbons (Fsp3) is 0.324. The third-order valence-electron chi connectivity index (χ3n) is 8.68. The van der Waals surface area contributed by atoms with Crippen LogP contribution >= 0.6 is 11.6 Å². The van der Waals surface area contributed by atoms with E-state index in [-0.39, 0.29) is 22.6 Å². The zero-order valence-corrected chi connectivity index (χ0v) is 29.9. The van der Waals surface area contributed by atoms with Gasteiger partial charge in [-0.25, -0.2) is 28.2 Å². The number of alkyl halides is 2. The fourth-order valence-corrected chi connectivity index (χ4v) is 6.34. The minimum Gasteiger partial charge on any atom is -0.481 e. The smallest absolute Gasteiger partial charge is 0.314 e. The summed E-state index contributed by atoms with van der Waals surface area (Å²) < 4.78 is 34.1. The van der Waals surface area contributed by atoms with E-state index in [1.165, 1.54) is 24.9 Å². The van der Waals surface area contributed by atoms with Crippen LogP contribution in [-0.4, -0.2) is 60.1 Å². The predicted octanol–water partition coefficient (Wildman–Crippen LogP) is 6.72. The monoisotopic (exact) mass is 718 g/mol. The minimum absolute atomic E-state index is 0.0373. The molecule has 0 fully saturated rings. The zero-order valence-electron chi connectivity index (χ0n) is 29.2. The summed E-state index contributed by atoms with van der Waals surface area (Å²) in [5.41, 5.74) is 6.02. The van der Waals surface area contributed by atoms with Crippen molar-refractivity contribution in [3.63, 3.8) is 0 Å². The van der Waals surface area contributed by atoms with E-state index in [9.17, 15) is 18.4 Å². The molecule has 1 aliphatic rings. The minimum atomic E-state index is -2.82. The number of fused-ring (bicyclic) bond motifs is 2. The molecule has 0 saturated heterocycles. The van der Waals surface area contributed by atoms with Crippen molar-refractivity contribution in [2.24, 2.45) is 7.05 Å². The quantitative estimate of drug-likeness (QED) is 0.117. The standard InChI is InChI=1S/C31H26ClF2N5O2.C6H15N3O/c1-16-19(21-10-5-11-22(27(21)32)24-13-17-7-4-9-20(17)30(38-24)41-3)8-6-12-23(16)36-29-26-18(14-25(37-29)28(33)34)15-35-39(2)31(26)40;1-7-4-3-5-9-6(10)8-2/h5-6,8,10-15,28H,4,7,9H2,1-3H3,(H,36,37);7H,3-5H2,1-2H3,(H2,8,9,10). The lowest BCUT2D eigenvalue weighted by atomic mass is 9.96. The lowest BCUT2D eigenvalue weighted by Gasteiger charge is -2.17. The summed E-state index contributed by atoms with van der Waals surface area (Å²) >= 11 is 7.03. The van der Waals surface area contributed by atoms with Gasteiger partial charge in [-0.3, -0.25) is 4.79 Å². The molecule has 0 aliphatic heterocycles. The van der Waals surface area contributed by atoms with Crippen molar-refractivity contribution in [2.45, 2.75) is 39.0 Å². The van der Waals surface area contributed by atoms with E-state index in [1.807, 2.05) is 44.3 Å². The SMILES string of the molecule is CNCCCNC(=O)NC.COc1nc(-c2cccc(-c3cccc(Nc4nc(C(F)F)cc5cnn(C)c(=O)c45)c3C)c2Cl)cc2c1CCC2. The number of pyridine rings is 2. The molecule has 1 aliphatic carbocycles. The highest BCUT2D eigenvalue weighted by Gasteiger charge is 2.22. The highest BCUT2D eigenvalue weighted by molar-refractivity contribution is 6.36. The summed E-state index contributed by atoms with van der Waals surface area (Å²) in [6.45, 7) is 3.56. The molecule has 5 aromatic rings. The maximum Gasteiger partial charge on any atom is 0.314 e. The molecule has 6 rings (SSSR count). The number of nitrogens with one attached hydrogen (secondary N) is 4. The van der Waals surface area contributed by atoms with Gasteiger partial charge in [0, 0.05) is 48.4 Å². The highest BCUT2D eigenvalue weighted by Crippen LogP contribution is 2.41. The number of benzene rings is 2. The number of carbonyl (C=O) groups is 1. The number of nitrogens with zero attached hydrogens (tertiary/aromatic N) is 4. The Labute approximate surface area is 299 Å². The second-order valence-electron chi connectivity index (χ2n) is 12.0. The van der Waals surface area contributed by atoms with Crippen LogP contribution in [0, 0.1) is 6.92 Å². The lowest BCUT2D eigenvalue weighted by Crippen LogP contribution is -2.34. The van der Waals surface area contributed by atoms with Crippen molar-refractivity contribution >= 4 is 39.9 Å². The van der Waals surface area contributed by atoms with E-state index in [2.05, 4.69) is 37.4 Å². The number of aryl methyl sites for hydroxylation is 2. The van der Waals surface area contributed by atoms with Crippen LogP contribution in [0.3, 0.4) is 0 Å². The highest BCUT2D eigenvalue weighted by atomic mass is 35.5. The Bertz CT molecular complexity index is 2110. The molecule has 3 aromatic heterocycles. The molecule has 2 aromatic carbocycles. The largest absolute Gasteiger partial charge is 0.481 e. The van der Waals surface area contributed by atoms with E-state index in [0.29, 0.717) is 16.6 Å². The van der Waals surface area contributed by atoms with Crippen LogP contribution in [0.4, 0.5) is 25.1 Å². The second-order valence-corrected chi connectivity index (χ2v) is 12.4. The summed E-state index contributed by atoms with van der Waals surface area (Å²) in [7, 11) is 6.62. The van der Waals surface area contributed by atoms with Gasteiger partial charge in [-0.05, 0) is 81.1 Å².